The number of nitrogens with one attached hydrogen (secondary N) is 2. The number of amides is 1. The SMILES string of the molecule is CC(=O)Nc1ccc(S(=O)(=O)NN=C2CCCC2)cc1. The van der Waals surface area contributed by atoms with Gasteiger partial charge in [0.2, 0.25) is 5.91 Å². The molecular formula is C13H17N3O3S. The van der Waals surface area contributed by atoms with Gasteiger partial charge in [-0.2, -0.15) is 13.5 Å². The Morgan fingerprint density at radius 2 is 1.75 bits per heavy atom. The maximum atomic E-state index is 12.0. The smallest absolute Gasteiger partial charge is 0.276 e. The minimum Gasteiger partial charge on any atom is -0.326 e. The molecule has 6 nitrogen and oxygen atoms in total. The molecule has 1 amide bonds. The maximum absolute atomic E-state index is 12.0. The summed E-state index contributed by atoms with van der Waals surface area (Å²) in [6, 6.07) is 5.95. The molecule has 0 heterocycles. The molecule has 0 unspecified atom stereocenters. The van der Waals surface area contributed by atoms with Gasteiger partial charge in [0, 0.05) is 18.3 Å². The molecular weight excluding hydrogens is 278 g/mol. The summed E-state index contributed by atoms with van der Waals surface area (Å²) < 4.78 is 24.0. The van der Waals surface area contributed by atoms with Crippen molar-refractivity contribution in [1.29, 1.82) is 0 Å². The molecule has 1 aromatic rings. The minimum absolute atomic E-state index is 0.119. The Bertz CT molecular complexity index is 613. The largest absolute Gasteiger partial charge is 0.326 e. The molecule has 1 aliphatic carbocycles. The van der Waals surface area contributed by atoms with Crippen molar-refractivity contribution in [2.45, 2.75) is 37.5 Å². The first-order valence-electron chi connectivity index (χ1n) is 6.42. The van der Waals surface area contributed by atoms with Crippen molar-refractivity contribution < 1.29 is 13.2 Å². The number of sulfonamides is 1. The Hall–Kier alpha value is -1.89. The zero-order chi connectivity index (χ0) is 14.6. The fourth-order valence-electron chi connectivity index (χ4n) is 1.99. The van der Waals surface area contributed by atoms with Gasteiger partial charge in [0.05, 0.1) is 4.90 Å². The van der Waals surface area contributed by atoms with Gasteiger partial charge in [0.25, 0.3) is 10.0 Å². The monoisotopic (exact) mass is 295 g/mol. The third-order valence-corrected chi connectivity index (χ3v) is 4.21. The van der Waals surface area contributed by atoms with E-state index >= 15 is 0 Å². The number of anilines is 1. The van der Waals surface area contributed by atoms with Crippen LogP contribution in [0.1, 0.15) is 32.6 Å². The molecule has 0 aliphatic heterocycles. The number of carbonyl (C=O) groups is 1. The minimum atomic E-state index is -3.64. The van der Waals surface area contributed by atoms with E-state index in [9.17, 15) is 13.2 Å². The Morgan fingerprint density at radius 1 is 1.15 bits per heavy atom. The van der Waals surface area contributed by atoms with Gasteiger partial charge in [-0.15, -0.1) is 0 Å². The molecule has 1 aliphatic rings. The van der Waals surface area contributed by atoms with Gasteiger partial charge >= 0.3 is 0 Å². The van der Waals surface area contributed by atoms with Gasteiger partial charge in [-0.1, -0.05) is 0 Å². The van der Waals surface area contributed by atoms with Crippen LogP contribution in [0.2, 0.25) is 0 Å². The van der Waals surface area contributed by atoms with Crippen LogP contribution in [0.3, 0.4) is 0 Å². The summed E-state index contributed by atoms with van der Waals surface area (Å²) in [5, 5.41) is 6.53. The van der Waals surface area contributed by atoms with E-state index in [2.05, 4.69) is 15.2 Å². The van der Waals surface area contributed by atoms with Gasteiger partial charge in [0.1, 0.15) is 0 Å². The highest BCUT2D eigenvalue weighted by Gasteiger charge is 2.14. The highest BCUT2D eigenvalue weighted by molar-refractivity contribution is 7.89. The van der Waals surface area contributed by atoms with Crippen LogP contribution in [-0.4, -0.2) is 20.0 Å². The lowest BCUT2D eigenvalue weighted by Gasteiger charge is -2.06. The number of rotatable bonds is 4. The summed E-state index contributed by atoms with van der Waals surface area (Å²) in [5.74, 6) is -0.202. The third kappa shape index (κ3) is 3.80. The second kappa shape index (κ2) is 6.04. The lowest BCUT2D eigenvalue weighted by Crippen LogP contribution is -2.19. The topological polar surface area (TPSA) is 87.6 Å². The van der Waals surface area contributed by atoms with Crippen LogP contribution in [0.4, 0.5) is 5.69 Å². The van der Waals surface area contributed by atoms with Crippen molar-refractivity contribution in [1.82, 2.24) is 4.83 Å². The predicted octanol–water partition coefficient (Wildman–Crippen LogP) is 1.85. The molecule has 1 aromatic carbocycles. The number of carbonyl (C=O) groups excluding carboxylic acids is 1. The Labute approximate surface area is 118 Å². The van der Waals surface area contributed by atoms with Gasteiger partial charge < -0.3 is 5.32 Å². The van der Waals surface area contributed by atoms with Crippen LogP contribution in [0.25, 0.3) is 0 Å². The molecule has 2 N–H and O–H groups in total. The fraction of sp³-hybridized carbons (Fsp3) is 0.385. The van der Waals surface area contributed by atoms with E-state index < -0.39 is 10.0 Å². The fourth-order valence-corrected chi connectivity index (χ4v) is 2.84. The first-order chi connectivity index (χ1) is 9.47. The van der Waals surface area contributed by atoms with Gasteiger partial charge in [-0.25, -0.2) is 4.83 Å². The molecule has 0 aromatic heterocycles. The summed E-state index contributed by atoms with van der Waals surface area (Å²) in [4.78, 5) is 13.3. The summed E-state index contributed by atoms with van der Waals surface area (Å²) in [6.07, 6.45) is 3.83. The molecule has 0 saturated heterocycles. The quantitative estimate of drug-likeness (QED) is 0.831. The molecule has 0 atom stereocenters. The van der Waals surface area contributed by atoms with Crippen molar-refractivity contribution in [3.8, 4) is 0 Å². The Kier molecular flexibility index (Phi) is 4.39. The number of nitrogens with zero attached hydrogens (tertiary/aromatic N) is 1. The Morgan fingerprint density at radius 3 is 2.30 bits per heavy atom. The van der Waals surface area contributed by atoms with E-state index in [-0.39, 0.29) is 10.8 Å². The van der Waals surface area contributed by atoms with Gasteiger partial charge in [0.15, 0.2) is 0 Å². The number of hydrazone groups is 1. The summed E-state index contributed by atoms with van der Waals surface area (Å²) in [7, 11) is -3.64. The highest BCUT2D eigenvalue weighted by atomic mass is 32.2. The average molecular weight is 295 g/mol. The van der Waals surface area contributed by atoms with Crippen molar-refractivity contribution >= 4 is 27.3 Å². The van der Waals surface area contributed by atoms with Crippen molar-refractivity contribution in [3.05, 3.63) is 24.3 Å². The van der Waals surface area contributed by atoms with Crippen LogP contribution in [0.15, 0.2) is 34.3 Å². The average Bonchev–Trinajstić information content (AvgIpc) is 2.89. The normalized spacial score (nSPS) is 14.9. The highest BCUT2D eigenvalue weighted by Crippen LogP contribution is 2.16. The number of benzene rings is 1. The molecule has 7 heteroatoms. The molecule has 0 spiro atoms. The summed E-state index contributed by atoms with van der Waals surface area (Å²) in [5.41, 5.74) is 1.45. The molecule has 2 rings (SSSR count). The zero-order valence-electron chi connectivity index (χ0n) is 11.2. The lowest BCUT2D eigenvalue weighted by molar-refractivity contribution is -0.114. The lowest BCUT2D eigenvalue weighted by atomic mass is 10.3. The number of hydrogen-bond acceptors (Lipinski definition) is 4. The molecule has 0 radical (unpaired) electrons. The van der Waals surface area contributed by atoms with Crippen LogP contribution in [0, 0.1) is 0 Å². The first-order valence-corrected chi connectivity index (χ1v) is 7.90. The third-order valence-electron chi connectivity index (χ3n) is 2.99. The second-order valence-corrected chi connectivity index (χ2v) is 6.35. The molecule has 0 bridgehead atoms. The zero-order valence-corrected chi connectivity index (χ0v) is 12.0. The van der Waals surface area contributed by atoms with Crippen molar-refractivity contribution in [2.75, 3.05) is 5.32 Å². The standard InChI is InChI=1S/C13H17N3O3S/c1-10(17)14-11-6-8-13(9-7-11)20(18,19)16-15-12-4-2-3-5-12/h6-9,16H,2-5H2,1H3,(H,14,17). The van der Waals surface area contributed by atoms with Crippen molar-refractivity contribution in [3.63, 3.8) is 0 Å². The molecule has 20 heavy (non-hydrogen) atoms. The first kappa shape index (κ1) is 14.5. The van der Waals surface area contributed by atoms with Gasteiger partial charge in [-0.3, -0.25) is 4.79 Å². The van der Waals surface area contributed by atoms with E-state index in [1.807, 2.05) is 0 Å². The van der Waals surface area contributed by atoms with E-state index in [0.29, 0.717) is 5.69 Å². The molecule has 1 saturated carbocycles. The summed E-state index contributed by atoms with van der Waals surface area (Å²) in [6.45, 7) is 1.39. The van der Waals surface area contributed by atoms with Crippen LogP contribution >= 0.6 is 0 Å². The summed E-state index contributed by atoms with van der Waals surface area (Å²) >= 11 is 0. The van der Waals surface area contributed by atoms with E-state index in [1.54, 1.807) is 12.1 Å². The maximum Gasteiger partial charge on any atom is 0.276 e. The van der Waals surface area contributed by atoms with Gasteiger partial charge in [-0.05, 0) is 49.9 Å². The van der Waals surface area contributed by atoms with Crippen molar-refractivity contribution in [2.24, 2.45) is 5.10 Å². The predicted molar refractivity (Wildman–Crippen MR) is 77.0 cm³/mol. The van der Waals surface area contributed by atoms with E-state index in [0.717, 1.165) is 31.4 Å². The second-order valence-electron chi connectivity index (χ2n) is 4.69. The number of hydrogen-bond donors (Lipinski definition) is 2. The van der Waals surface area contributed by atoms with Crippen LogP contribution < -0.4 is 10.1 Å². The van der Waals surface area contributed by atoms with E-state index in [1.165, 1.54) is 19.1 Å². The van der Waals surface area contributed by atoms with Crippen LogP contribution in [-0.2, 0) is 14.8 Å². The van der Waals surface area contributed by atoms with E-state index in [4.69, 9.17) is 0 Å². The van der Waals surface area contributed by atoms with Crippen LogP contribution in [0.5, 0.6) is 0 Å². The Balaban J connectivity index is 2.08. The molecule has 108 valence electrons. The molecule has 1 fully saturated rings.